The van der Waals surface area contributed by atoms with Crippen molar-refractivity contribution in [3.63, 3.8) is 0 Å². The summed E-state index contributed by atoms with van der Waals surface area (Å²) in [6.07, 6.45) is 0. The predicted molar refractivity (Wildman–Crippen MR) is 117 cm³/mol. The molecule has 2 N–H and O–H groups in total. The average Bonchev–Trinajstić information content (AvgIpc) is 3.00. The minimum absolute atomic E-state index is 0.123. The number of H-pyrrole nitrogens is 1. The Balaban J connectivity index is 2.13. The second kappa shape index (κ2) is 7.91. The van der Waals surface area contributed by atoms with Crippen molar-refractivity contribution in [1.29, 1.82) is 0 Å². The Morgan fingerprint density at radius 3 is 2.50 bits per heavy atom. The van der Waals surface area contributed by atoms with Crippen molar-refractivity contribution in [3.05, 3.63) is 61.1 Å². The fourth-order valence-corrected chi connectivity index (χ4v) is 4.32. The minimum atomic E-state index is -1.51. The number of aromatic amines is 1. The van der Waals surface area contributed by atoms with Crippen LogP contribution in [0.4, 0.5) is 5.69 Å². The summed E-state index contributed by atoms with van der Waals surface area (Å²) in [4.78, 5) is 54.3. The van der Waals surface area contributed by atoms with Crippen LogP contribution in [0.1, 0.15) is 41.6 Å². The van der Waals surface area contributed by atoms with Gasteiger partial charge in [0.15, 0.2) is 0 Å². The van der Waals surface area contributed by atoms with Crippen LogP contribution in [0.25, 0.3) is 10.2 Å². The molecule has 0 radical (unpaired) electrons. The Morgan fingerprint density at radius 1 is 1.20 bits per heavy atom. The second-order valence-electron chi connectivity index (χ2n) is 7.38. The number of aromatic nitrogens is 2. The van der Waals surface area contributed by atoms with Crippen molar-refractivity contribution in [2.45, 2.75) is 40.2 Å². The molecule has 0 aliphatic rings. The Kier molecular flexibility index (Phi) is 5.67. The maximum Gasteiger partial charge on any atom is 0.332 e. The molecule has 1 amide bonds. The highest BCUT2D eigenvalue weighted by atomic mass is 32.1. The van der Waals surface area contributed by atoms with Gasteiger partial charge in [0.1, 0.15) is 10.4 Å². The number of esters is 1. The number of rotatable bonds is 5. The lowest BCUT2D eigenvalue weighted by atomic mass is 10.1. The van der Waals surface area contributed by atoms with Crippen LogP contribution >= 0.6 is 11.3 Å². The van der Waals surface area contributed by atoms with Gasteiger partial charge in [0.25, 0.3) is 11.5 Å². The van der Waals surface area contributed by atoms with Crippen molar-refractivity contribution in [1.82, 2.24) is 9.55 Å². The number of carbonyl (C=O) groups excluding carboxylic acids is 2. The molecule has 0 aliphatic carbocycles. The van der Waals surface area contributed by atoms with E-state index in [0.717, 1.165) is 21.5 Å². The Morgan fingerprint density at radius 2 is 1.87 bits per heavy atom. The summed E-state index contributed by atoms with van der Waals surface area (Å²) in [5.74, 6) is -1.07. The van der Waals surface area contributed by atoms with Gasteiger partial charge in [0.05, 0.1) is 16.9 Å². The summed E-state index contributed by atoms with van der Waals surface area (Å²) in [6, 6.07) is 7.34. The molecule has 8 nitrogen and oxygen atoms in total. The van der Waals surface area contributed by atoms with E-state index in [1.54, 1.807) is 19.9 Å². The summed E-state index contributed by atoms with van der Waals surface area (Å²) in [7, 11) is 0. The minimum Gasteiger partial charge on any atom is -0.464 e. The molecule has 3 rings (SSSR count). The third-order valence-corrected chi connectivity index (χ3v) is 6.13. The number of fused-ring (bicyclic) bond motifs is 1. The number of nitrogens with one attached hydrogen (secondary N) is 2. The first-order valence-electron chi connectivity index (χ1n) is 9.42. The zero-order valence-electron chi connectivity index (χ0n) is 17.4. The molecule has 0 spiro atoms. The first kappa shape index (κ1) is 21.5. The third-order valence-electron chi connectivity index (χ3n) is 4.92. The van der Waals surface area contributed by atoms with Crippen molar-refractivity contribution < 1.29 is 14.3 Å². The van der Waals surface area contributed by atoms with E-state index in [1.807, 2.05) is 25.1 Å². The van der Waals surface area contributed by atoms with Crippen LogP contribution in [0.15, 0.2) is 33.9 Å². The van der Waals surface area contributed by atoms with E-state index >= 15 is 0 Å². The van der Waals surface area contributed by atoms with Gasteiger partial charge < -0.3 is 10.1 Å². The van der Waals surface area contributed by atoms with Crippen LogP contribution in [-0.2, 0) is 15.1 Å². The average molecular weight is 429 g/mol. The van der Waals surface area contributed by atoms with Gasteiger partial charge in [-0.3, -0.25) is 14.6 Å². The zero-order valence-corrected chi connectivity index (χ0v) is 18.2. The quantitative estimate of drug-likeness (QED) is 0.606. The van der Waals surface area contributed by atoms with Crippen LogP contribution in [0.5, 0.6) is 0 Å². The molecular formula is C21H23N3O5S. The third kappa shape index (κ3) is 3.56. The standard InChI is InChI=1S/C21H23N3O5S/c1-6-29-19(27)21(4,5)24-18(26)14-12(3)15(30-17(14)23-20(24)28)16(25)22-13-10-8-7-9-11(13)2/h7-10H,6H2,1-5H3,(H,22,25)(H,23,28). The van der Waals surface area contributed by atoms with Gasteiger partial charge in [-0.05, 0) is 51.8 Å². The van der Waals surface area contributed by atoms with Gasteiger partial charge >= 0.3 is 11.7 Å². The van der Waals surface area contributed by atoms with E-state index in [4.69, 9.17) is 4.74 Å². The van der Waals surface area contributed by atoms with Gasteiger partial charge in [-0.2, -0.15) is 0 Å². The van der Waals surface area contributed by atoms with Crippen molar-refractivity contribution in [3.8, 4) is 0 Å². The maximum atomic E-state index is 13.2. The number of anilines is 1. The number of benzene rings is 1. The van der Waals surface area contributed by atoms with Gasteiger partial charge in [-0.1, -0.05) is 18.2 Å². The van der Waals surface area contributed by atoms with Gasteiger partial charge in [0.2, 0.25) is 0 Å². The number of ether oxygens (including phenoxy) is 1. The SMILES string of the molecule is CCOC(=O)C(C)(C)n1c(=O)[nH]c2sc(C(=O)Nc3ccccc3C)c(C)c2c1=O. The fourth-order valence-electron chi connectivity index (χ4n) is 3.23. The van der Waals surface area contributed by atoms with Crippen LogP contribution in [0.3, 0.4) is 0 Å². The monoisotopic (exact) mass is 429 g/mol. The zero-order chi connectivity index (χ0) is 22.2. The molecule has 0 fully saturated rings. The first-order valence-corrected chi connectivity index (χ1v) is 10.2. The van der Waals surface area contributed by atoms with Crippen molar-refractivity contribution >= 4 is 39.1 Å². The molecule has 0 saturated carbocycles. The molecule has 9 heteroatoms. The Labute approximate surface area is 176 Å². The molecule has 0 atom stereocenters. The molecule has 0 bridgehead atoms. The highest BCUT2D eigenvalue weighted by molar-refractivity contribution is 7.20. The maximum absolute atomic E-state index is 13.2. The van der Waals surface area contributed by atoms with Crippen molar-refractivity contribution in [2.24, 2.45) is 0 Å². The van der Waals surface area contributed by atoms with Crippen LogP contribution in [0, 0.1) is 13.8 Å². The van der Waals surface area contributed by atoms with Crippen LogP contribution in [0.2, 0.25) is 0 Å². The number of aryl methyl sites for hydroxylation is 2. The van der Waals surface area contributed by atoms with Gasteiger partial charge in [0, 0.05) is 5.69 Å². The molecule has 0 saturated heterocycles. The van der Waals surface area contributed by atoms with E-state index in [9.17, 15) is 19.2 Å². The number of hydrogen-bond acceptors (Lipinski definition) is 6. The lowest BCUT2D eigenvalue weighted by Gasteiger charge is -2.23. The van der Waals surface area contributed by atoms with E-state index in [-0.39, 0.29) is 22.7 Å². The van der Waals surface area contributed by atoms with Gasteiger partial charge in [-0.15, -0.1) is 11.3 Å². The largest absolute Gasteiger partial charge is 0.464 e. The van der Waals surface area contributed by atoms with E-state index in [1.165, 1.54) is 13.8 Å². The lowest BCUT2D eigenvalue weighted by molar-refractivity contribution is -0.152. The molecule has 158 valence electrons. The molecule has 0 aliphatic heterocycles. The highest BCUT2D eigenvalue weighted by Gasteiger charge is 2.35. The number of carbonyl (C=O) groups is 2. The molecule has 3 aromatic rings. The first-order chi connectivity index (χ1) is 14.1. The lowest BCUT2D eigenvalue weighted by Crippen LogP contribution is -2.51. The molecule has 30 heavy (non-hydrogen) atoms. The topological polar surface area (TPSA) is 110 Å². The molecular weight excluding hydrogens is 406 g/mol. The smallest absolute Gasteiger partial charge is 0.332 e. The van der Waals surface area contributed by atoms with E-state index < -0.39 is 22.8 Å². The molecule has 1 aromatic carbocycles. The summed E-state index contributed by atoms with van der Waals surface area (Å²) < 4.78 is 5.86. The normalized spacial score (nSPS) is 11.5. The number of hydrogen-bond donors (Lipinski definition) is 2. The number of nitrogens with zero attached hydrogens (tertiary/aromatic N) is 1. The summed E-state index contributed by atoms with van der Waals surface area (Å²) >= 11 is 1.03. The second-order valence-corrected chi connectivity index (χ2v) is 8.40. The Hall–Kier alpha value is -3.20. The van der Waals surface area contributed by atoms with Crippen LogP contribution in [-0.4, -0.2) is 28.0 Å². The van der Waals surface area contributed by atoms with Crippen LogP contribution < -0.4 is 16.6 Å². The van der Waals surface area contributed by atoms with E-state index in [0.29, 0.717) is 16.1 Å². The summed E-state index contributed by atoms with van der Waals surface area (Å²) in [5.41, 5.74) is -0.888. The molecule has 2 heterocycles. The fraction of sp³-hybridized carbons (Fsp3) is 0.333. The number of para-hydroxylation sites is 1. The van der Waals surface area contributed by atoms with Gasteiger partial charge in [-0.25, -0.2) is 14.2 Å². The highest BCUT2D eigenvalue weighted by Crippen LogP contribution is 2.28. The summed E-state index contributed by atoms with van der Waals surface area (Å²) in [5, 5.41) is 3.04. The Bertz CT molecular complexity index is 1270. The molecule has 2 aromatic heterocycles. The number of thiophene rings is 1. The number of amides is 1. The van der Waals surface area contributed by atoms with E-state index in [2.05, 4.69) is 10.3 Å². The predicted octanol–water partition coefficient (Wildman–Crippen LogP) is 2.92. The molecule has 0 unspecified atom stereocenters. The van der Waals surface area contributed by atoms with Crippen molar-refractivity contribution in [2.75, 3.05) is 11.9 Å². The summed E-state index contributed by atoms with van der Waals surface area (Å²) in [6.45, 7) is 8.18.